The summed E-state index contributed by atoms with van der Waals surface area (Å²) >= 11 is 0. The summed E-state index contributed by atoms with van der Waals surface area (Å²) in [6, 6.07) is 9.51. The van der Waals surface area contributed by atoms with E-state index >= 15 is 0 Å². The van der Waals surface area contributed by atoms with Crippen molar-refractivity contribution in [1.29, 1.82) is 10.5 Å². The Morgan fingerprint density at radius 1 is 1.23 bits per heavy atom. The molecule has 0 bridgehead atoms. The highest BCUT2D eigenvalue weighted by Gasteiger charge is 1.95. The molecule has 1 rings (SSSR count). The zero-order valence-electron chi connectivity index (χ0n) is 7.03. The second-order valence-electron chi connectivity index (χ2n) is 2.53. The normalized spacial score (nSPS) is 8.46. The standard InChI is InChI=1S/C10H8N2O/c11-5-4-9-2-1-3-10(6-9)7-13-8-12/h1-3,6H,4,7H2. The van der Waals surface area contributed by atoms with Crippen LogP contribution in [0.5, 0.6) is 0 Å². The lowest BCUT2D eigenvalue weighted by Crippen LogP contribution is -1.89. The lowest BCUT2D eigenvalue weighted by atomic mass is 10.1. The number of benzene rings is 1. The molecule has 0 saturated carbocycles. The Bertz CT molecular complexity index is 360. The van der Waals surface area contributed by atoms with E-state index in [4.69, 9.17) is 10.5 Å². The molecule has 0 aliphatic rings. The third kappa shape index (κ3) is 2.84. The number of hydrogen-bond donors (Lipinski definition) is 0. The van der Waals surface area contributed by atoms with Crippen molar-refractivity contribution in [1.82, 2.24) is 0 Å². The molecule has 0 radical (unpaired) electrons. The monoisotopic (exact) mass is 172 g/mol. The Morgan fingerprint density at radius 3 is 2.69 bits per heavy atom. The van der Waals surface area contributed by atoms with Crippen LogP contribution in [0.15, 0.2) is 24.3 Å². The van der Waals surface area contributed by atoms with Crippen LogP contribution in [0.2, 0.25) is 0 Å². The summed E-state index contributed by atoms with van der Waals surface area (Å²) in [6.07, 6.45) is 1.99. The van der Waals surface area contributed by atoms with Crippen LogP contribution in [0.25, 0.3) is 0 Å². The molecule has 0 fully saturated rings. The van der Waals surface area contributed by atoms with Crippen LogP contribution in [0, 0.1) is 22.8 Å². The summed E-state index contributed by atoms with van der Waals surface area (Å²) in [5.41, 5.74) is 1.86. The lowest BCUT2D eigenvalue weighted by molar-refractivity contribution is 0.257. The van der Waals surface area contributed by atoms with Crippen LogP contribution in [-0.4, -0.2) is 0 Å². The minimum Gasteiger partial charge on any atom is -0.423 e. The van der Waals surface area contributed by atoms with E-state index in [0.717, 1.165) is 11.1 Å². The molecule has 0 N–H and O–H groups in total. The van der Waals surface area contributed by atoms with E-state index in [1.54, 1.807) is 6.26 Å². The van der Waals surface area contributed by atoms with Gasteiger partial charge in [-0.3, -0.25) is 0 Å². The van der Waals surface area contributed by atoms with E-state index in [9.17, 15) is 0 Å². The van der Waals surface area contributed by atoms with Crippen molar-refractivity contribution >= 4 is 0 Å². The average molecular weight is 172 g/mol. The van der Waals surface area contributed by atoms with E-state index in [-0.39, 0.29) is 6.61 Å². The van der Waals surface area contributed by atoms with Crippen LogP contribution in [-0.2, 0) is 17.8 Å². The first-order chi connectivity index (χ1) is 6.36. The molecular weight excluding hydrogens is 164 g/mol. The van der Waals surface area contributed by atoms with Gasteiger partial charge in [-0.2, -0.15) is 10.5 Å². The highest BCUT2D eigenvalue weighted by molar-refractivity contribution is 5.25. The predicted molar refractivity (Wildman–Crippen MR) is 46.2 cm³/mol. The number of hydrogen-bond acceptors (Lipinski definition) is 3. The number of rotatable bonds is 3. The van der Waals surface area contributed by atoms with E-state index in [2.05, 4.69) is 10.8 Å². The van der Waals surface area contributed by atoms with E-state index in [1.807, 2.05) is 24.3 Å². The van der Waals surface area contributed by atoms with Crippen molar-refractivity contribution in [2.75, 3.05) is 0 Å². The fraction of sp³-hybridized carbons (Fsp3) is 0.200. The molecule has 0 aliphatic carbocycles. The van der Waals surface area contributed by atoms with E-state index in [0.29, 0.717) is 6.42 Å². The Labute approximate surface area is 76.8 Å². The van der Waals surface area contributed by atoms with Crippen molar-refractivity contribution in [3.05, 3.63) is 35.4 Å². The van der Waals surface area contributed by atoms with Crippen molar-refractivity contribution in [2.45, 2.75) is 13.0 Å². The Morgan fingerprint density at radius 2 is 2.00 bits per heavy atom. The van der Waals surface area contributed by atoms with Gasteiger partial charge in [-0.05, 0) is 11.1 Å². The molecule has 1 aromatic carbocycles. The fourth-order valence-corrected chi connectivity index (χ4v) is 1.04. The summed E-state index contributed by atoms with van der Waals surface area (Å²) in [6.45, 7) is 0.274. The van der Waals surface area contributed by atoms with Crippen LogP contribution >= 0.6 is 0 Å². The maximum atomic E-state index is 8.45. The quantitative estimate of drug-likeness (QED) is 0.652. The molecule has 0 atom stereocenters. The molecule has 3 nitrogen and oxygen atoms in total. The lowest BCUT2D eigenvalue weighted by Gasteiger charge is -1.99. The van der Waals surface area contributed by atoms with Gasteiger partial charge in [0.05, 0.1) is 12.5 Å². The summed E-state index contributed by atoms with van der Waals surface area (Å²) in [7, 11) is 0. The van der Waals surface area contributed by atoms with Gasteiger partial charge < -0.3 is 4.74 Å². The second-order valence-corrected chi connectivity index (χ2v) is 2.53. The van der Waals surface area contributed by atoms with Crippen molar-refractivity contribution in [3.8, 4) is 12.3 Å². The highest BCUT2D eigenvalue weighted by Crippen LogP contribution is 2.06. The van der Waals surface area contributed by atoms with Crippen LogP contribution in [0.1, 0.15) is 11.1 Å². The minimum absolute atomic E-state index is 0.274. The third-order valence-electron chi connectivity index (χ3n) is 1.58. The molecule has 64 valence electrons. The van der Waals surface area contributed by atoms with Gasteiger partial charge in [-0.15, -0.1) is 0 Å². The molecule has 0 saturated heterocycles. The largest absolute Gasteiger partial charge is 0.423 e. The summed E-state index contributed by atoms with van der Waals surface area (Å²) < 4.78 is 4.58. The van der Waals surface area contributed by atoms with Gasteiger partial charge in [-0.1, -0.05) is 24.3 Å². The van der Waals surface area contributed by atoms with Crippen LogP contribution in [0.4, 0.5) is 0 Å². The Balaban J connectivity index is 2.70. The summed E-state index contributed by atoms with van der Waals surface area (Å²) in [4.78, 5) is 0. The molecule has 0 spiro atoms. The maximum Gasteiger partial charge on any atom is 0.286 e. The van der Waals surface area contributed by atoms with Crippen LogP contribution < -0.4 is 0 Å². The molecule has 13 heavy (non-hydrogen) atoms. The zero-order valence-corrected chi connectivity index (χ0v) is 7.03. The molecular formula is C10H8N2O. The van der Waals surface area contributed by atoms with Gasteiger partial charge in [0.1, 0.15) is 6.61 Å². The SMILES string of the molecule is N#CCc1cccc(COC#N)c1. The molecule has 0 amide bonds. The summed E-state index contributed by atoms with van der Waals surface area (Å²) in [5, 5.41) is 16.6. The highest BCUT2D eigenvalue weighted by atomic mass is 16.5. The first kappa shape index (κ1) is 9.09. The first-order valence-corrected chi connectivity index (χ1v) is 3.82. The molecule has 3 heteroatoms. The number of nitriles is 2. The minimum atomic E-state index is 0.274. The van der Waals surface area contributed by atoms with Gasteiger partial charge in [0.2, 0.25) is 0 Å². The van der Waals surface area contributed by atoms with Crippen molar-refractivity contribution in [2.24, 2.45) is 0 Å². The molecule has 0 aromatic heterocycles. The molecule has 0 heterocycles. The Hall–Kier alpha value is -2.00. The second kappa shape index (κ2) is 4.79. The number of ether oxygens (including phenoxy) is 1. The van der Waals surface area contributed by atoms with E-state index in [1.165, 1.54) is 0 Å². The third-order valence-corrected chi connectivity index (χ3v) is 1.58. The fourth-order valence-electron chi connectivity index (χ4n) is 1.04. The van der Waals surface area contributed by atoms with Gasteiger partial charge in [0.25, 0.3) is 6.26 Å². The van der Waals surface area contributed by atoms with Crippen LogP contribution in [0.3, 0.4) is 0 Å². The predicted octanol–water partition coefficient (Wildman–Crippen LogP) is 1.75. The molecule has 0 aliphatic heterocycles. The van der Waals surface area contributed by atoms with Crippen molar-refractivity contribution in [3.63, 3.8) is 0 Å². The topological polar surface area (TPSA) is 56.8 Å². The summed E-state index contributed by atoms with van der Waals surface area (Å²) in [5.74, 6) is 0. The van der Waals surface area contributed by atoms with Gasteiger partial charge in [0, 0.05) is 0 Å². The molecule has 1 aromatic rings. The zero-order chi connectivity index (χ0) is 9.52. The first-order valence-electron chi connectivity index (χ1n) is 3.82. The van der Waals surface area contributed by atoms with E-state index < -0.39 is 0 Å². The number of nitrogens with zero attached hydrogens (tertiary/aromatic N) is 2. The van der Waals surface area contributed by atoms with Crippen molar-refractivity contribution < 1.29 is 4.74 Å². The van der Waals surface area contributed by atoms with Gasteiger partial charge in [0.15, 0.2) is 0 Å². The average Bonchev–Trinajstić information content (AvgIpc) is 2.16. The molecule has 0 unspecified atom stereocenters. The maximum absolute atomic E-state index is 8.45. The smallest absolute Gasteiger partial charge is 0.286 e. The van der Waals surface area contributed by atoms with Gasteiger partial charge in [-0.25, -0.2) is 0 Å². The Kier molecular flexibility index (Phi) is 3.35. The van der Waals surface area contributed by atoms with Gasteiger partial charge >= 0.3 is 0 Å².